The van der Waals surface area contributed by atoms with Gasteiger partial charge < -0.3 is 11.5 Å². The van der Waals surface area contributed by atoms with Gasteiger partial charge in [0, 0.05) is 12.6 Å². The highest BCUT2D eigenvalue weighted by atomic mass is 35.5. The predicted octanol–water partition coefficient (Wildman–Crippen LogP) is 0.737. The largest absolute Gasteiger partial charge is 0.384 e. The molecule has 1 aromatic rings. The maximum absolute atomic E-state index is 5.70. The van der Waals surface area contributed by atoms with Gasteiger partial charge in [-0.25, -0.2) is 0 Å². The average Bonchev–Trinajstić information content (AvgIpc) is 2.31. The van der Waals surface area contributed by atoms with Gasteiger partial charge in [0.15, 0.2) is 0 Å². The van der Waals surface area contributed by atoms with Crippen LogP contribution in [-0.2, 0) is 13.5 Å². The summed E-state index contributed by atoms with van der Waals surface area (Å²) in [6.07, 6.45) is 3.69. The first-order valence-electron chi connectivity index (χ1n) is 3.72. The smallest absolute Gasteiger partial charge is 0.124 e. The van der Waals surface area contributed by atoms with Crippen LogP contribution in [0.1, 0.15) is 12.0 Å². The van der Waals surface area contributed by atoms with E-state index in [2.05, 4.69) is 5.10 Å². The van der Waals surface area contributed by atoms with Gasteiger partial charge in [0.2, 0.25) is 0 Å². The molecule has 0 spiro atoms. The number of nitrogens with two attached hydrogens (primary N) is 2. The lowest BCUT2D eigenvalue weighted by molar-refractivity contribution is 0.777. The molecule has 13 heavy (non-hydrogen) atoms. The standard InChI is InChI=1S/C7H14N4.2ClH/c1-11-7(9)6(5-10-11)3-2-4-8;;/h5H,2-4,8-9H2,1H3;2*1H. The van der Waals surface area contributed by atoms with E-state index in [-0.39, 0.29) is 24.8 Å². The van der Waals surface area contributed by atoms with Crippen LogP contribution in [0.25, 0.3) is 0 Å². The van der Waals surface area contributed by atoms with Crippen LogP contribution >= 0.6 is 24.8 Å². The average molecular weight is 227 g/mol. The van der Waals surface area contributed by atoms with Crippen LogP contribution in [-0.4, -0.2) is 16.3 Å². The molecular weight excluding hydrogens is 211 g/mol. The number of anilines is 1. The molecule has 0 amide bonds. The zero-order valence-electron chi connectivity index (χ0n) is 7.56. The van der Waals surface area contributed by atoms with Gasteiger partial charge in [-0.05, 0) is 19.4 Å². The summed E-state index contributed by atoms with van der Waals surface area (Å²) in [4.78, 5) is 0. The Hall–Kier alpha value is -0.450. The number of nitrogens with zero attached hydrogens (tertiary/aromatic N) is 2. The number of nitrogen functional groups attached to an aromatic ring is 1. The molecule has 0 unspecified atom stereocenters. The fraction of sp³-hybridized carbons (Fsp3) is 0.571. The third-order valence-corrected chi connectivity index (χ3v) is 1.71. The van der Waals surface area contributed by atoms with Crippen molar-refractivity contribution in [3.63, 3.8) is 0 Å². The van der Waals surface area contributed by atoms with Gasteiger partial charge in [-0.1, -0.05) is 0 Å². The minimum absolute atomic E-state index is 0. The lowest BCUT2D eigenvalue weighted by Crippen LogP contribution is -2.03. The maximum atomic E-state index is 5.70. The Morgan fingerprint density at radius 3 is 2.46 bits per heavy atom. The lowest BCUT2D eigenvalue weighted by Gasteiger charge is -1.97. The minimum Gasteiger partial charge on any atom is -0.384 e. The number of halogens is 2. The van der Waals surface area contributed by atoms with E-state index < -0.39 is 0 Å². The van der Waals surface area contributed by atoms with Crippen molar-refractivity contribution in [1.29, 1.82) is 0 Å². The summed E-state index contributed by atoms with van der Waals surface area (Å²) in [6.45, 7) is 0.703. The zero-order valence-corrected chi connectivity index (χ0v) is 9.20. The maximum Gasteiger partial charge on any atom is 0.124 e. The molecule has 0 atom stereocenters. The molecule has 4 N–H and O–H groups in total. The molecule has 0 fully saturated rings. The molecule has 0 radical (unpaired) electrons. The Labute approximate surface area is 90.5 Å². The zero-order chi connectivity index (χ0) is 8.27. The number of aryl methyl sites for hydroxylation is 2. The normalized spacial score (nSPS) is 8.77. The van der Waals surface area contributed by atoms with Crippen molar-refractivity contribution in [2.75, 3.05) is 12.3 Å². The number of rotatable bonds is 3. The topological polar surface area (TPSA) is 69.9 Å². The van der Waals surface area contributed by atoms with Gasteiger partial charge in [0.25, 0.3) is 0 Å². The van der Waals surface area contributed by atoms with E-state index in [9.17, 15) is 0 Å². The van der Waals surface area contributed by atoms with Gasteiger partial charge in [-0.2, -0.15) is 5.10 Å². The highest BCUT2D eigenvalue weighted by molar-refractivity contribution is 5.85. The summed E-state index contributed by atoms with van der Waals surface area (Å²) >= 11 is 0. The van der Waals surface area contributed by atoms with Crippen LogP contribution in [0.3, 0.4) is 0 Å². The summed E-state index contributed by atoms with van der Waals surface area (Å²) in [5.41, 5.74) is 12.2. The van der Waals surface area contributed by atoms with E-state index in [0.717, 1.165) is 24.2 Å². The Bertz CT molecular complexity index is 236. The van der Waals surface area contributed by atoms with Gasteiger partial charge in [-0.3, -0.25) is 4.68 Å². The van der Waals surface area contributed by atoms with Crippen molar-refractivity contribution < 1.29 is 0 Å². The van der Waals surface area contributed by atoms with E-state index in [1.54, 1.807) is 10.9 Å². The monoisotopic (exact) mass is 226 g/mol. The molecule has 6 heteroatoms. The second kappa shape index (κ2) is 7.00. The number of hydrogen-bond acceptors (Lipinski definition) is 3. The molecule has 78 valence electrons. The first-order valence-corrected chi connectivity index (χ1v) is 3.72. The molecule has 0 aliphatic carbocycles. The Morgan fingerprint density at radius 2 is 2.08 bits per heavy atom. The SMILES string of the molecule is Cl.Cl.Cn1ncc(CCCN)c1N. The van der Waals surface area contributed by atoms with Gasteiger partial charge in [0.05, 0.1) is 6.20 Å². The van der Waals surface area contributed by atoms with Gasteiger partial charge in [-0.15, -0.1) is 24.8 Å². The number of hydrogen-bond donors (Lipinski definition) is 2. The fourth-order valence-corrected chi connectivity index (χ4v) is 0.978. The Kier molecular flexibility index (Phi) is 8.10. The first-order chi connectivity index (χ1) is 5.25. The molecule has 0 bridgehead atoms. The van der Waals surface area contributed by atoms with E-state index in [1.807, 2.05) is 7.05 Å². The molecule has 4 nitrogen and oxygen atoms in total. The fourth-order valence-electron chi connectivity index (χ4n) is 0.978. The Balaban J connectivity index is 0. The predicted molar refractivity (Wildman–Crippen MR) is 59.5 cm³/mol. The highest BCUT2D eigenvalue weighted by Gasteiger charge is 2.02. The van der Waals surface area contributed by atoms with Gasteiger partial charge >= 0.3 is 0 Å². The quantitative estimate of drug-likeness (QED) is 0.799. The summed E-state index contributed by atoms with van der Waals surface area (Å²) in [5, 5.41) is 4.02. The molecule has 1 aromatic heterocycles. The van der Waals surface area contributed by atoms with E-state index in [0.29, 0.717) is 6.54 Å². The molecular formula is C7H16Cl2N4. The summed E-state index contributed by atoms with van der Waals surface area (Å²) in [5.74, 6) is 0.749. The molecule has 0 saturated carbocycles. The molecule has 0 saturated heterocycles. The second-order valence-corrected chi connectivity index (χ2v) is 2.57. The van der Waals surface area contributed by atoms with E-state index in [4.69, 9.17) is 11.5 Å². The molecule has 0 aromatic carbocycles. The molecule has 0 aliphatic rings. The van der Waals surface area contributed by atoms with Crippen molar-refractivity contribution in [3.8, 4) is 0 Å². The van der Waals surface area contributed by atoms with E-state index >= 15 is 0 Å². The third-order valence-electron chi connectivity index (χ3n) is 1.71. The summed E-state index contributed by atoms with van der Waals surface area (Å²) < 4.78 is 1.67. The summed E-state index contributed by atoms with van der Waals surface area (Å²) in [6, 6.07) is 0. The van der Waals surface area contributed by atoms with Crippen LogP contribution in [0.4, 0.5) is 5.82 Å². The van der Waals surface area contributed by atoms with Crippen LogP contribution in [0.2, 0.25) is 0 Å². The summed E-state index contributed by atoms with van der Waals surface area (Å²) in [7, 11) is 1.83. The third kappa shape index (κ3) is 3.85. The molecule has 0 aliphatic heterocycles. The van der Waals surface area contributed by atoms with Crippen LogP contribution in [0, 0.1) is 0 Å². The second-order valence-electron chi connectivity index (χ2n) is 2.57. The van der Waals surface area contributed by atoms with E-state index in [1.165, 1.54) is 0 Å². The highest BCUT2D eigenvalue weighted by Crippen LogP contribution is 2.10. The lowest BCUT2D eigenvalue weighted by atomic mass is 10.2. The van der Waals surface area contributed by atoms with Crippen molar-refractivity contribution >= 4 is 30.6 Å². The van der Waals surface area contributed by atoms with Gasteiger partial charge in [0.1, 0.15) is 5.82 Å². The van der Waals surface area contributed by atoms with Crippen LogP contribution in [0.5, 0.6) is 0 Å². The van der Waals surface area contributed by atoms with Crippen molar-refractivity contribution in [3.05, 3.63) is 11.8 Å². The number of aromatic nitrogens is 2. The minimum atomic E-state index is 0. The Morgan fingerprint density at radius 1 is 1.46 bits per heavy atom. The van der Waals surface area contributed by atoms with Crippen LogP contribution in [0.15, 0.2) is 6.20 Å². The molecule has 1 rings (SSSR count). The van der Waals surface area contributed by atoms with Crippen molar-refractivity contribution in [1.82, 2.24) is 9.78 Å². The molecule has 1 heterocycles. The first kappa shape index (κ1) is 15.0. The van der Waals surface area contributed by atoms with Crippen molar-refractivity contribution in [2.24, 2.45) is 12.8 Å². The van der Waals surface area contributed by atoms with Crippen LogP contribution < -0.4 is 11.5 Å². The van der Waals surface area contributed by atoms with Crippen molar-refractivity contribution in [2.45, 2.75) is 12.8 Å².